The molecule has 12 heterocycles. The van der Waals surface area contributed by atoms with Crippen LogP contribution in [0.5, 0.6) is 0 Å². The Hall–Kier alpha value is -8.21. The topological polar surface area (TPSA) is 291 Å². The molecule has 0 spiro atoms. The van der Waals surface area contributed by atoms with E-state index in [0.717, 1.165) is 161 Å². The average Bonchev–Trinajstić information content (AvgIpc) is 1.58. The second-order valence-corrected chi connectivity index (χ2v) is 52.7. The van der Waals surface area contributed by atoms with E-state index in [-0.39, 0.29) is 106 Å². The van der Waals surface area contributed by atoms with E-state index >= 15 is 0 Å². The number of piperazine rings is 6. The highest BCUT2D eigenvalue weighted by atomic mass is 32.2. The molecule has 8 saturated heterocycles. The molecule has 12 aliphatic rings. The lowest BCUT2D eigenvalue weighted by Gasteiger charge is -2.55. The molecule has 121 heavy (non-hydrogen) atoms. The fraction of sp³-hybridized carbons (Fsp3) is 0.543. The molecular formula is C92H128N10O15S2Si2+4. The van der Waals surface area contributed by atoms with E-state index in [1.807, 2.05) is 130 Å². The summed E-state index contributed by atoms with van der Waals surface area (Å²) in [5.41, 5.74) is 18.3. The first-order valence-corrected chi connectivity index (χ1v) is 52.2. The average molecular weight is 1730 g/mol. The summed E-state index contributed by atoms with van der Waals surface area (Å²) in [4.78, 5) is 82.2. The zero-order chi connectivity index (χ0) is 87.3. The third kappa shape index (κ3) is 17.1. The lowest BCUT2D eigenvalue weighted by Crippen LogP contribution is -2.76. The van der Waals surface area contributed by atoms with Crippen molar-refractivity contribution in [1.82, 2.24) is 9.80 Å². The molecule has 4 amide bonds. The van der Waals surface area contributed by atoms with Gasteiger partial charge in [-0.25, -0.2) is 26.4 Å². The van der Waals surface area contributed by atoms with E-state index in [1.165, 1.54) is 9.87 Å². The summed E-state index contributed by atoms with van der Waals surface area (Å²) < 4.78 is 92.5. The van der Waals surface area contributed by atoms with E-state index in [9.17, 15) is 45.6 Å². The highest BCUT2D eigenvalue weighted by molar-refractivity contribution is 7.93. The Morgan fingerprint density at radius 1 is 0.512 bits per heavy atom. The van der Waals surface area contributed by atoms with Crippen LogP contribution in [0.1, 0.15) is 105 Å². The zero-order valence-corrected chi connectivity index (χ0v) is 77.4. The number of amides is 4. The molecule has 0 saturated carbocycles. The van der Waals surface area contributed by atoms with Crippen LogP contribution in [0, 0.1) is 29.6 Å². The van der Waals surface area contributed by atoms with Crippen LogP contribution in [-0.2, 0) is 97.9 Å². The number of ether oxygens (including phenoxy) is 3. The Labute approximate surface area is 717 Å². The molecule has 6 aromatic rings. The van der Waals surface area contributed by atoms with Gasteiger partial charge in [0.2, 0.25) is 11.8 Å². The fourth-order valence-electron chi connectivity index (χ4n) is 20.3. The van der Waals surface area contributed by atoms with Gasteiger partial charge in [0.25, 0.3) is 31.9 Å². The van der Waals surface area contributed by atoms with Crippen LogP contribution < -0.4 is 20.5 Å². The van der Waals surface area contributed by atoms with Crippen LogP contribution in [0.25, 0.3) is 21.5 Å². The molecule has 0 aromatic heterocycles. The van der Waals surface area contributed by atoms with E-state index in [0.29, 0.717) is 65.1 Å². The minimum atomic E-state index is -4.01. The third-order valence-electron chi connectivity index (χ3n) is 29.5. The first-order valence-electron chi connectivity index (χ1n) is 43.5. The molecule has 5 N–H and O–H groups in total. The maximum absolute atomic E-state index is 14.6. The van der Waals surface area contributed by atoms with Gasteiger partial charge in [0.15, 0.2) is 29.7 Å². The van der Waals surface area contributed by atoms with Gasteiger partial charge in [-0.3, -0.25) is 28.2 Å². The summed E-state index contributed by atoms with van der Waals surface area (Å²) in [5, 5.41) is 3.47. The molecule has 6 aromatic carbocycles. The van der Waals surface area contributed by atoms with Crippen LogP contribution in [0.2, 0.25) is 36.3 Å². The van der Waals surface area contributed by atoms with E-state index < -0.39 is 54.5 Å². The van der Waals surface area contributed by atoms with Crippen LogP contribution in [0.15, 0.2) is 154 Å². The van der Waals surface area contributed by atoms with E-state index in [1.54, 1.807) is 21.9 Å². The summed E-state index contributed by atoms with van der Waals surface area (Å²) in [5.74, 6) is -2.50. The third-order valence-corrected chi connectivity index (χ3v) is 41.9. The van der Waals surface area contributed by atoms with Crippen molar-refractivity contribution in [1.29, 1.82) is 0 Å². The number of anilines is 2. The number of hydrogen-bond donors (Lipinski definition) is 3. The summed E-state index contributed by atoms with van der Waals surface area (Å²) in [7, 11) is -11.7. The van der Waals surface area contributed by atoms with Gasteiger partial charge in [0.05, 0.1) is 83.5 Å². The number of carbonyl (C=O) groups is 6. The van der Waals surface area contributed by atoms with Crippen LogP contribution in [-0.4, -0.2) is 246 Å². The Kier molecular flexibility index (Phi) is 24.6. The lowest BCUT2D eigenvalue weighted by molar-refractivity contribution is -1.08. The minimum absolute atomic E-state index is 0.00500. The Morgan fingerprint density at radius 2 is 0.917 bits per heavy atom. The maximum atomic E-state index is 14.6. The van der Waals surface area contributed by atoms with Crippen molar-refractivity contribution in [3.05, 3.63) is 166 Å². The summed E-state index contributed by atoms with van der Waals surface area (Å²) >= 11 is 0. The Morgan fingerprint density at radius 3 is 1.35 bits per heavy atom. The number of β-lactam (4-membered cyclic amide) rings is 2. The maximum Gasteiger partial charge on any atom is 0.355 e. The fourth-order valence-corrected chi connectivity index (χ4v) is 26.1. The number of nitrogens with one attached hydrogen (secondary N) is 1. The van der Waals surface area contributed by atoms with Gasteiger partial charge in [-0.2, -0.15) is 0 Å². The number of hydrogen-bond acceptors (Lipinski definition) is 15. The van der Waals surface area contributed by atoms with Crippen molar-refractivity contribution in [3.63, 3.8) is 0 Å². The van der Waals surface area contributed by atoms with Crippen molar-refractivity contribution >= 4 is 105 Å². The number of esters is 2. The SMILES string of the molecule is CC(C)COCC1=C(C(=O)OCc2ccccc2)N2C(=O)[C@H]([C@@H](C)O[Si](C)(C)C(C)(C)C)[C@H]2[C@H]1C.C[C@@H](O[Si](C)(C)C(C)(C)C)[C@H]1C(=O)N2C(C(=O)OCc3ccccc3)=C(CN3c4cccc5c(CC[N+]67CC[N+](CC(N)=O)(CC6)CC7)ccc(c45)S3(=O)=O)[C@H](C)[C@H]12.NC(=O)C[N+]12CC[N+](CCc3ccc4c5c(cccc35)NS4(=O)=O)(CC1)CC2. The van der Waals surface area contributed by atoms with Crippen LogP contribution in [0.4, 0.5) is 11.4 Å². The molecule has 8 atom stereocenters. The molecule has 0 radical (unpaired) electrons. The zero-order valence-electron chi connectivity index (χ0n) is 73.7. The molecule has 0 aliphatic carbocycles. The predicted octanol–water partition coefficient (Wildman–Crippen LogP) is 11.1. The first-order chi connectivity index (χ1) is 56.9. The quantitative estimate of drug-likeness (QED) is 0.0178. The van der Waals surface area contributed by atoms with E-state index in [4.69, 9.17) is 34.5 Å². The number of fused-ring (bicyclic) bond motifs is 8. The molecule has 4 bridgehead atoms. The smallest absolute Gasteiger partial charge is 0.355 e. The molecule has 0 unspecified atom stereocenters. The number of nitrogens with zero attached hydrogens (tertiary/aromatic N) is 7. The number of primary amides is 2. The normalized spacial score (nSPS) is 27.0. The summed E-state index contributed by atoms with van der Waals surface area (Å²) in [6.45, 7) is 50.1. The van der Waals surface area contributed by atoms with Crippen molar-refractivity contribution in [2.24, 2.45) is 41.1 Å². The Bertz CT molecular complexity index is 5310. The van der Waals surface area contributed by atoms with Crippen LogP contribution in [0.3, 0.4) is 0 Å². The Balaban J connectivity index is 0.000000161. The second-order valence-electron chi connectivity index (χ2n) is 39.7. The molecular weight excluding hydrogens is 1610 g/mol. The molecule has 18 rings (SSSR count). The van der Waals surface area contributed by atoms with Crippen LogP contribution >= 0.6 is 0 Å². The minimum Gasteiger partial charge on any atom is -0.456 e. The van der Waals surface area contributed by atoms with Crippen molar-refractivity contribution in [2.75, 3.05) is 134 Å². The highest BCUT2D eigenvalue weighted by Gasteiger charge is 2.64. The molecule has 652 valence electrons. The standard InChI is InChI=1S/C44H58N5O7SSi.C28H43NO5Si.C20H25N4O3S/c1-29-34(41(43(52)55-28-31-12-9-8-10-13-31)47-40(29)38(42(47)51)30(2)56-58(6,7)44(3,4)5)26-46-35-15-11-14-33-32(16-17-36(39(33)35)57(46,53)54)18-19-48-20-23-49(24-21-48,25-22-48)27-37(45)50;1-18(2)15-32-17-22-19(3)24-23(20(4)34-35(8,9)28(5,6)7)26(30)29(24)25(22)27(31)33-16-21-13-11-10-12-14-21;21-19(25)14-24-11-8-23(9-12-24,10-13-24)7-6-15-4-5-18-20-16(15)2-1-3-17(20)22-28(18,26)27/h8-17,29-30,38,40H,18-28H2,1-7H3,(H-,45,50);10-14,18-20,23-24H,15-17H2,1-9H3;1-5,22H,6-14H2,(H-,21,25)/q+1;;+1/p+2/t29-,30+,38+,40+,48?,49?;19-,20+,23+,24+;/m00./s1. The monoisotopic (exact) mass is 1730 g/mol. The summed E-state index contributed by atoms with van der Waals surface area (Å²) in [6.07, 6.45) is 1.12. The van der Waals surface area contributed by atoms with Gasteiger partial charge in [-0.15, -0.1) is 0 Å². The predicted molar refractivity (Wildman–Crippen MR) is 472 cm³/mol. The number of carbonyl (C=O) groups excluding carboxylic acids is 6. The number of benzene rings is 6. The van der Waals surface area contributed by atoms with Gasteiger partial charge in [-0.05, 0) is 124 Å². The number of sulfonamides is 2. The molecule has 29 heteroatoms. The molecule has 25 nitrogen and oxygen atoms in total. The van der Waals surface area contributed by atoms with Gasteiger partial charge >= 0.3 is 11.9 Å². The van der Waals surface area contributed by atoms with Crippen molar-refractivity contribution < 1.29 is 86.6 Å². The van der Waals surface area contributed by atoms with Gasteiger partial charge in [0, 0.05) is 42.1 Å². The largest absolute Gasteiger partial charge is 0.456 e. The van der Waals surface area contributed by atoms with Crippen molar-refractivity contribution in [2.45, 2.75) is 179 Å². The van der Waals surface area contributed by atoms with Gasteiger partial charge < -0.3 is 62.3 Å². The van der Waals surface area contributed by atoms with Gasteiger partial charge in [-0.1, -0.05) is 166 Å². The van der Waals surface area contributed by atoms with Crippen molar-refractivity contribution in [3.8, 4) is 0 Å². The molecule has 8 fully saturated rings. The highest BCUT2D eigenvalue weighted by Crippen LogP contribution is 2.54. The second kappa shape index (κ2) is 33.4. The summed E-state index contributed by atoms with van der Waals surface area (Å²) in [6, 6.07) is 37.5. The first kappa shape index (κ1) is 89.1. The van der Waals surface area contributed by atoms with Gasteiger partial charge in [0.1, 0.15) is 103 Å². The number of nitrogens with two attached hydrogens (primary N) is 2. The number of rotatable bonds is 28. The number of quaternary nitrogens is 4. The van der Waals surface area contributed by atoms with E-state index in [2.05, 4.69) is 93.2 Å². The lowest BCUT2D eigenvalue weighted by atomic mass is 9.77. The molecule has 12 aliphatic heterocycles.